The zero-order valence-electron chi connectivity index (χ0n) is 19.8. The number of carbonyl (C=O) groups is 2. The van der Waals surface area contributed by atoms with Crippen molar-refractivity contribution in [2.45, 2.75) is 19.4 Å². The minimum absolute atomic E-state index is 0.0817. The minimum atomic E-state index is -1.11. The van der Waals surface area contributed by atoms with E-state index in [4.69, 9.17) is 5.11 Å². The molecule has 5 rings (SSSR count). The largest absolute Gasteiger partial charge is 0.478 e. The molecule has 2 aromatic heterocycles. The van der Waals surface area contributed by atoms with Crippen molar-refractivity contribution in [3.8, 4) is 11.3 Å². The van der Waals surface area contributed by atoms with Crippen molar-refractivity contribution >= 4 is 29.4 Å². The zero-order valence-corrected chi connectivity index (χ0v) is 19.8. The van der Waals surface area contributed by atoms with Crippen LogP contribution in [0.2, 0.25) is 0 Å². The van der Waals surface area contributed by atoms with Gasteiger partial charge in [-0.25, -0.2) is 14.2 Å². The molecule has 1 aliphatic rings. The molecule has 8 nitrogen and oxygen atoms in total. The average Bonchev–Trinajstić information content (AvgIpc) is 3.31. The normalized spacial score (nSPS) is 15.3. The summed E-state index contributed by atoms with van der Waals surface area (Å²) >= 11 is 0. The van der Waals surface area contributed by atoms with Crippen molar-refractivity contribution in [3.63, 3.8) is 0 Å². The van der Waals surface area contributed by atoms with Crippen LogP contribution in [0.3, 0.4) is 0 Å². The van der Waals surface area contributed by atoms with E-state index < -0.39 is 11.8 Å². The molecule has 0 aliphatic carbocycles. The number of carboxylic acids is 1. The molecule has 1 aliphatic heterocycles. The number of rotatable bonds is 5. The van der Waals surface area contributed by atoms with Gasteiger partial charge in [-0.15, -0.1) is 0 Å². The number of halogens is 1. The fraction of sp³-hybridized carbons (Fsp3) is 0.185. The fourth-order valence-electron chi connectivity index (χ4n) is 4.60. The Morgan fingerprint density at radius 1 is 1.17 bits per heavy atom. The van der Waals surface area contributed by atoms with Gasteiger partial charge in [0.2, 0.25) is 0 Å². The van der Waals surface area contributed by atoms with E-state index in [-0.39, 0.29) is 23.2 Å². The maximum Gasteiger partial charge on any atom is 0.328 e. The van der Waals surface area contributed by atoms with E-state index >= 15 is 0 Å². The highest BCUT2D eigenvalue weighted by Gasteiger charge is 2.29. The summed E-state index contributed by atoms with van der Waals surface area (Å²) in [5, 5.41) is 16.3. The monoisotopic (exact) mass is 485 g/mol. The Balaban J connectivity index is 1.49. The van der Waals surface area contributed by atoms with Crippen LogP contribution in [-0.4, -0.2) is 50.1 Å². The number of aromatic nitrogens is 3. The molecule has 0 fully saturated rings. The lowest BCUT2D eigenvalue weighted by Gasteiger charge is -2.35. The molecular formula is C27H24FN5O3. The zero-order chi connectivity index (χ0) is 25.4. The number of carbonyl (C=O) groups excluding carboxylic acids is 1. The first kappa shape index (κ1) is 23.2. The molecule has 0 saturated carbocycles. The third-order valence-corrected chi connectivity index (χ3v) is 6.45. The standard InChI is InChI=1S/C27H24FN5O3/c1-16-19-6-4-3-5-18(19)11-12-32(16)27(36)23-15-24(29-2)33-25(30-23)14-22(31-33)20-9-7-17(13-21(20)28)8-10-26(34)35/h3-10,13-16,29H,11-12H2,1-2H3,(H,34,35)/b10-8+/t16-/m1/s1. The molecule has 0 radical (unpaired) electrons. The first-order valence-electron chi connectivity index (χ1n) is 11.5. The van der Waals surface area contributed by atoms with Crippen LogP contribution in [0.4, 0.5) is 10.2 Å². The summed E-state index contributed by atoms with van der Waals surface area (Å²) in [5.74, 6) is -1.30. The second kappa shape index (κ2) is 9.26. The number of benzene rings is 2. The number of amides is 1. The number of hydrogen-bond donors (Lipinski definition) is 2. The van der Waals surface area contributed by atoms with Gasteiger partial charge in [0, 0.05) is 37.4 Å². The van der Waals surface area contributed by atoms with Gasteiger partial charge < -0.3 is 15.3 Å². The molecule has 0 spiro atoms. The van der Waals surface area contributed by atoms with E-state index in [9.17, 15) is 14.0 Å². The fourth-order valence-corrected chi connectivity index (χ4v) is 4.60. The number of hydrogen-bond acceptors (Lipinski definition) is 5. The highest BCUT2D eigenvalue weighted by molar-refractivity contribution is 5.94. The van der Waals surface area contributed by atoms with Gasteiger partial charge >= 0.3 is 5.97 Å². The van der Waals surface area contributed by atoms with Crippen molar-refractivity contribution in [3.05, 3.63) is 88.9 Å². The Morgan fingerprint density at radius 2 is 1.97 bits per heavy atom. The predicted octanol–water partition coefficient (Wildman–Crippen LogP) is 4.43. The summed E-state index contributed by atoms with van der Waals surface area (Å²) in [6, 6.07) is 15.7. The molecule has 0 unspecified atom stereocenters. The molecule has 182 valence electrons. The molecule has 1 amide bonds. The number of anilines is 1. The van der Waals surface area contributed by atoms with Crippen molar-refractivity contribution in [1.29, 1.82) is 0 Å². The highest BCUT2D eigenvalue weighted by Crippen LogP contribution is 2.31. The van der Waals surface area contributed by atoms with Gasteiger partial charge in [0.25, 0.3) is 5.91 Å². The minimum Gasteiger partial charge on any atom is -0.478 e. The third kappa shape index (κ3) is 4.19. The summed E-state index contributed by atoms with van der Waals surface area (Å²) in [6.07, 6.45) is 3.04. The molecular weight excluding hydrogens is 461 g/mol. The van der Waals surface area contributed by atoms with Gasteiger partial charge in [0.15, 0.2) is 5.65 Å². The van der Waals surface area contributed by atoms with Gasteiger partial charge in [-0.2, -0.15) is 9.61 Å². The topological polar surface area (TPSA) is 99.8 Å². The number of nitrogens with one attached hydrogen (secondary N) is 1. The first-order valence-corrected chi connectivity index (χ1v) is 11.5. The molecule has 2 N–H and O–H groups in total. The predicted molar refractivity (Wildman–Crippen MR) is 134 cm³/mol. The summed E-state index contributed by atoms with van der Waals surface area (Å²) in [6.45, 7) is 2.61. The lowest BCUT2D eigenvalue weighted by atomic mass is 9.93. The lowest BCUT2D eigenvalue weighted by molar-refractivity contribution is -0.131. The van der Waals surface area contributed by atoms with Crippen LogP contribution in [0.25, 0.3) is 23.0 Å². The third-order valence-electron chi connectivity index (χ3n) is 6.45. The van der Waals surface area contributed by atoms with Crippen molar-refractivity contribution < 1.29 is 19.1 Å². The Labute approximate surface area is 206 Å². The summed E-state index contributed by atoms with van der Waals surface area (Å²) < 4.78 is 16.4. The Kier molecular flexibility index (Phi) is 5.97. The van der Waals surface area contributed by atoms with E-state index in [1.165, 1.54) is 28.3 Å². The Morgan fingerprint density at radius 3 is 2.72 bits per heavy atom. The summed E-state index contributed by atoms with van der Waals surface area (Å²) in [5.41, 5.74) is 4.07. The number of fused-ring (bicyclic) bond motifs is 2. The van der Waals surface area contributed by atoms with Gasteiger partial charge in [0.1, 0.15) is 17.3 Å². The van der Waals surface area contributed by atoms with Crippen LogP contribution in [0.1, 0.15) is 40.1 Å². The molecule has 4 aromatic rings. The van der Waals surface area contributed by atoms with Crippen LogP contribution in [-0.2, 0) is 11.2 Å². The van der Waals surface area contributed by atoms with E-state index in [1.807, 2.05) is 24.0 Å². The van der Waals surface area contributed by atoms with Crippen LogP contribution in [0.5, 0.6) is 0 Å². The number of aliphatic carboxylic acids is 1. The molecule has 2 aromatic carbocycles. The van der Waals surface area contributed by atoms with Gasteiger partial charge in [-0.05, 0) is 48.2 Å². The van der Waals surface area contributed by atoms with Crippen molar-refractivity contribution in [2.24, 2.45) is 0 Å². The molecule has 36 heavy (non-hydrogen) atoms. The molecule has 9 heteroatoms. The number of carboxylic acid groups (broad SMARTS) is 1. The highest BCUT2D eigenvalue weighted by atomic mass is 19.1. The lowest BCUT2D eigenvalue weighted by Crippen LogP contribution is -2.39. The van der Waals surface area contributed by atoms with Crippen molar-refractivity contribution in [2.75, 3.05) is 18.9 Å². The number of nitrogens with zero attached hydrogens (tertiary/aromatic N) is 4. The molecule has 3 heterocycles. The van der Waals surface area contributed by atoms with Crippen LogP contribution in [0, 0.1) is 5.82 Å². The second-order valence-electron chi connectivity index (χ2n) is 8.61. The van der Waals surface area contributed by atoms with E-state index in [0.717, 1.165) is 18.1 Å². The maximum absolute atomic E-state index is 14.9. The van der Waals surface area contributed by atoms with Gasteiger partial charge in [0.05, 0.1) is 11.7 Å². The average molecular weight is 486 g/mol. The molecule has 1 atom stereocenters. The first-order chi connectivity index (χ1) is 17.4. The summed E-state index contributed by atoms with van der Waals surface area (Å²) in [4.78, 5) is 30.6. The maximum atomic E-state index is 14.9. The van der Waals surface area contributed by atoms with E-state index in [1.54, 1.807) is 25.2 Å². The SMILES string of the molecule is CNc1cc(C(=O)N2CCc3ccccc3[C@H]2C)nc2cc(-c3ccc(/C=C/C(=O)O)cc3F)nn12. The molecule has 0 saturated heterocycles. The van der Waals surface area contributed by atoms with Gasteiger partial charge in [-0.1, -0.05) is 30.3 Å². The Hall–Kier alpha value is -4.53. The van der Waals surface area contributed by atoms with E-state index in [0.29, 0.717) is 29.3 Å². The van der Waals surface area contributed by atoms with Crippen LogP contribution >= 0.6 is 0 Å². The van der Waals surface area contributed by atoms with E-state index in [2.05, 4.69) is 27.5 Å². The van der Waals surface area contributed by atoms with Crippen molar-refractivity contribution in [1.82, 2.24) is 19.5 Å². The molecule has 0 bridgehead atoms. The second-order valence-corrected chi connectivity index (χ2v) is 8.61. The van der Waals surface area contributed by atoms with Gasteiger partial charge in [-0.3, -0.25) is 4.79 Å². The smallest absolute Gasteiger partial charge is 0.328 e. The van der Waals surface area contributed by atoms with Crippen LogP contribution < -0.4 is 5.32 Å². The summed E-state index contributed by atoms with van der Waals surface area (Å²) in [7, 11) is 1.72. The quantitative estimate of drug-likeness (QED) is 0.406. The Bertz CT molecular complexity index is 1530. The van der Waals surface area contributed by atoms with Crippen LogP contribution in [0.15, 0.2) is 60.7 Å².